The molecule has 0 aliphatic heterocycles. The van der Waals surface area contributed by atoms with Crippen molar-refractivity contribution in [1.29, 1.82) is 0 Å². The molecule has 1 N–H and O–H groups in total. The molecule has 19 heavy (non-hydrogen) atoms. The number of halogens is 1. The van der Waals surface area contributed by atoms with E-state index in [-0.39, 0.29) is 5.75 Å². The molecule has 3 nitrogen and oxygen atoms in total. The Morgan fingerprint density at radius 3 is 2.84 bits per heavy atom. The third kappa shape index (κ3) is 2.72. The molecule has 0 saturated carbocycles. The van der Waals surface area contributed by atoms with Crippen LogP contribution in [-0.4, -0.2) is 15.1 Å². The fourth-order valence-corrected chi connectivity index (χ4v) is 3.02. The molecule has 2 heterocycles. The number of hydrogen-bond donors (Lipinski definition) is 1. The Balaban J connectivity index is 2.06. The fraction of sp³-hybridized carbons (Fsp3) is 0. The van der Waals surface area contributed by atoms with E-state index in [1.165, 1.54) is 0 Å². The zero-order valence-corrected chi connectivity index (χ0v) is 12.1. The zero-order valence-electron chi connectivity index (χ0n) is 9.75. The predicted octanol–water partition coefficient (Wildman–Crippen LogP) is 4.25. The fourth-order valence-electron chi connectivity index (χ4n) is 1.74. The molecule has 0 spiro atoms. The normalized spacial score (nSPS) is 10.8. The van der Waals surface area contributed by atoms with Gasteiger partial charge in [-0.15, -0.1) is 0 Å². The number of rotatable bonds is 2. The monoisotopic (exact) mass is 332 g/mol. The molecule has 2 aromatic heterocycles. The number of aromatic nitrogens is 2. The molecule has 0 unspecified atom stereocenters. The van der Waals surface area contributed by atoms with E-state index in [0.29, 0.717) is 0 Å². The Labute approximate surface area is 122 Å². The van der Waals surface area contributed by atoms with Crippen LogP contribution in [0.5, 0.6) is 5.75 Å². The maximum absolute atomic E-state index is 9.49. The highest BCUT2D eigenvalue weighted by atomic mass is 79.9. The first-order chi connectivity index (χ1) is 9.22. The topological polar surface area (TPSA) is 46.0 Å². The average Bonchev–Trinajstić information content (AvgIpc) is 2.38. The van der Waals surface area contributed by atoms with E-state index in [4.69, 9.17) is 0 Å². The van der Waals surface area contributed by atoms with Gasteiger partial charge in [0.25, 0.3) is 0 Å². The number of phenolic OH excluding ortho intramolecular Hbond substituents is 1. The molecule has 0 aliphatic rings. The van der Waals surface area contributed by atoms with E-state index in [9.17, 15) is 5.11 Å². The van der Waals surface area contributed by atoms with E-state index in [1.807, 2.05) is 24.3 Å². The van der Waals surface area contributed by atoms with Gasteiger partial charge in [-0.25, -0.2) is 0 Å². The van der Waals surface area contributed by atoms with Crippen LogP contribution in [0, 0.1) is 0 Å². The van der Waals surface area contributed by atoms with Crippen molar-refractivity contribution in [3.05, 3.63) is 53.3 Å². The molecule has 0 aliphatic carbocycles. The second kappa shape index (κ2) is 5.19. The lowest BCUT2D eigenvalue weighted by Crippen LogP contribution is -1.86. The zero-order chi connectivity index (χ0) is 13.2. The number of aromatic hydroxyl groups is 1. The van der Waals surface area contributed by atoms with Gasteiger partial charge in [0.05, 0.1) is 5.52 Å². The minimum absolute atomic E-state index is 0.263. The predicted molar refractivity (Wildman–Crippen MR) is 79.5 cm³/mol. The summed E-state index contributed by atoms with van der Waals surface area (Å²) >= 11 is 4.95. The van der Waals surface area contributed by atoms with Crippen molar-refractivity contribution in [3.8, 4) is 5.75 Å². The standard InChI is InChI=1S/C14H9BrN2OS/c15-9-6-12-14(17-8-9)13(4-5-16-12)19-11-3-1-2-10(18)7-11/h1-8,18H. The van der Waals surface area contributed by atoms with Crippen LogP contribution in [0.2, 0.25) is 0 Å². The van der Waals surface area contributed by atoms with Gasteiger partial charge >= 0.3 is 0 Å². The third-order valence-corrected chi connectivity index (χ3v) is 4.03. The summed E-state index contributed by atoms with van der Waals surface area (Å²) in [6.45, 7) is 0. The Hall–Kier alpha value is -1.59. The molecule has 3 rings (SSSR count). The molecule has 0 radical (unpaired) electrons. The Kier molecular flexibility index (Phi) is 3.40. The van der Waals surface area contributed by atoms with Gasteiger partial charge in [0.2, 0.25) is 0 Å². The van der Waals surface area contributed by atoms with Gasteiger partial charge in [-0.05, 0) is 46.3 Å². The third-order valence-electron chi connectivity index (χ3n) is 2.55. The van der Waals surface area contributed by atoms with E-state index < -0.39 is 0 Å². The van der Waals surface area contributed by atoms with Gasteiger partial charge < -0.3 is 5.11 Å². The van der Waals surface area contributed by atoms with Crippen LogP contribution >= 0.6 is 27.7 Å². The minimum atomic E-state index is 0.263. The van der Waals surface area contributed by atoms with Gasteiger partial charge in [0, 0.05) is 26.7 Å². The van der Waals surface area contributed by atoms with Crippen LogP contribution in [0.25, 0.3) is 11.0 Å². The molecule has 0 bridgehead atoms. The minimum Gasteiger partial charge on any atom is -0.508 e. The van der Waals surface area contributed by atoms with E-state index in [1.54, 1.807) is 36.3 Å². The van der Waals surface area contributed by atoms with Crippen LogP contribution in [-0.2, 0) is 0 Å². The van der Waals surface area contributed by atoms with Gasteiger partial charge in [0.1, 0.15) is 11.3 Å². The van der Waals surface area contributed by atoms with Crippen LogP contribution in [0.4, 0.5) is 0 Å². The van der Waals surface area contributed by atoms with Gasteiger partial charge in [-0.2, -0.15) is 0 Å². The molecule has 94 valence electrons. The second-order valence-corrected chi connectivity index (χ2v) is 5.96. The van der Waals surface area contributed by atoms with Gasteiger partial charge in [0.15, 0.2) is 0 Å². The largest absolute Gasteiger partial charge is 0.508 e. The Bertz CT molecular complexity index is 748. The molecular weight excluding hydrogens is 324 g/mol. The first-order valence-electron chi connectivity index (χ1n) is 5.59. The van der Waals surface area contributed by atoms with Gasteiger partial charge in [-0.3, -0.25) is 9.97 Å². The van der Waals surface area contributed by atoms with Crippen LogP contribution < -0.4 is 0 Å². The Morgan fingerprint density at radius 1 is 1.11 bits per heavy atom. The van der Waals surface area contributed by atoms with Crippen molar-refractivity contribution in [2.24, 2.45) is 0 Å². The summed E-state index contributed by atoms with van der Waals surface area (Å²) in [6, 6.07) is 11.0. The van der Waals surface area contributed by atoms with E-state index >= 15 is 0 Å². The summed E-state index contributed by atoms with van der Waals surface area (Å²) in [5, 5.41) is 9.49. The summed E-state index contributed by atoms with van der Waals surface area (Å²) in [5.41, 5.74) is 1.71. The van der Waals surface area contributed by atoms with Crippen molar-refractivity contribution in [2.45, 2.75) is 9.79 Å². The average molecular weight is 333 g/mol. The highest BCUT2D eigenvalue weighted by Gasteiger charge is 2.06. The first kappa shape index (κ1) is 12.4. The second-order valence-electron chi connectivity index (χ2n) is 3.93. The Morgan fingerprint density at radius 2 is 2.00 bits per heavy atom. The van der Waals surface area contributed by atoms with Crippen LogP contribution in [0.3, 0.4) is 0 Å². The van der Waals surface area contributed by atoms with Crippen molar-refractivity contribution >= 4 is 38.7 Å². The van der Waals surface area contributed by atoms with Crippen LogP contribution in [0.1, 0.15) is 0 Å². The number of hydrogen-bond acceptors (Lipinski definition) is 4. The maximum Gasteiger partial charge on any atom is 0.116 e. The summed E-state index contributed by atoms with van der Waals surface area (Å²) in [5.74, 6) is 0.263. The smallest absolute Gasteiger partial charge is 0.116 e. The lowest BCUT2D eigenvalue weighted by Gasteiger charge is -2.05. The quantitative estimate of drug-likeness (QED) is 0.762. The first-order valence-corrected chi connectivity index (χ1v) is 7.20. The molecule has 0 atom stereocenters. The van der Waals surface area contributed by atoms with Gasteiger partial charge in [-0.1, -0.05) is 17.8 Å². The molecular formula is C14H9BrN2OS. The molecule has 1 aromatic carbocycles. The molecule has 0 amide bonds. The van der Waals surface area contributed by atoms with Crippen molar-refractivity contribution in [3.63, 3.8) is 0 Å². The van der Waals surface area contributed by atoms with E-state index in [0.717, 1.165) is 25.3 Å². The summed E-state index contributed by atoms with van der Waals surface area (Å²) in [6.07, 6.45) is 3.53. The van der Waals surface area contributed by atoms with Crippen LogP contribution in [0.15, 0.2) is 63.1 Å². The lowest BCUT2D eigenvalue weighted by molar-refractivity contribution is 0.474. The number of benzene rings is 1. The van der Waals surface area contributed by atoms with Crippen molar-refractivity contribution in [1.82, 2.24) is 9.97 Å². The number of pyridine rings is 2. The highest BCUT2D eigenvalue weighted by Crippen LogP contribution is 2.33. The van der Waals surface area contributed by atoms with Crippen molar-refractivity contribution < 1.29 is 5.11 Å². The summed E-state index contributed by atoms with van der Waals surface area (Å²) in [7, 11) is 0. The SMILES string of the molecule is Oc1cccc(Sc2ccnc3cc(Br)cnc23)c1. The number of fused-ring (bicyclic) bond motifs is 1. The summed E-state index contributed by atoms with van der Waals surface area (Å²) < 4.78 is 0.909. The molecule has 0 fully saturated rings. The molecule has 3 aromatic rings. The number of nitrogens with zero attached hydrogens (tertiary/aromatic N) is 2. The number of phenols is 1. The molecule has 5 heteroatoms. The highest BCUT2D eigenvalue weighted by molar-refractivity contribution is 9.10. The maximum atomic E-state index is 9.49. The van der Waals surface area contributed by atoms with E-state index in [2.05, 4.69) is 25.9 Å². The van der Waals surface area contributed by atoms with Crippen molar-refractivity contribution in [2.75, 3.05) is 0 Å². The lowest BCUT2D eigenvalue weighted by atomic mass is 10.3. The summed E-state index contributed by atoms with van der Waals surface area (Å²) in [4.78, 5) is 10.7. The molecule has 0 saturated heterocycles.